The number of nitrogens with zero attached hydrogens (tertiary/aromatic N) is 1. The summed E-state index contributed by atoms with van der Waals surface area (Å²) in [6.45, 7) is 2.74. The zero-order valence-corrected chi connectivity index (χ0v) is 13.3. The van der Waals surface area contributed by atoms with Crippen LogP contribution in [0.4, 0.5) is 0 Å². The molecule has 102 valence electrons. The molecule has 2 atom stereocenters. The number of hydrogen-bond donors (Lipinski definition) is 1. The molecular formula is C13H20Cl2N2S. The largest absolute Gasteiger partial charge is 0.329 e. The van der Waals surface area contributed by atoms with Crippen molar-refractivity contribution in [3.05, 3.63) is 33.8 Å². The minimum absolute atomic E-state index is 0.122. The van der Waals surface area contributed by atoms with E-state index in [0.717, 1.165) is 11.3 Å². The SMILES string of the molecule is CSCC(C)N(C)C(CN)c1ccc(Cl)cc1Cl. The molecule has 0 aliphatic heterocycles. The first-order chi connectivity index (χ1) is 8.51. The molecule has 1 rings (SSSR count). The second kappa shape index (κ2) is 7.61. The molecule has 0 radical (unpaired) electrons. The van der Waals surface area contributed by atoms with Crippen LogP contribution in [0.15, 0.2) is 18.2 Å². The van der Waals surface area contributed by atoms with Crippen molar-refractivity contribution in [3.8, 4) is 0 Å². The van der Waals surface area contributed by atoms with E-state index in [0.29, 0.717) is 22.6 Å². The van der Waals surface area contributed by atoms with E-state index in [1.165, 1.54) is 0 Å². The van der Waals surface area contributed by atoms with Gasteiger partial charge in [0.15, 0.2) is 0 Å². The monoisotopic (exact) mass is 306 g/mol. The van der Waals surface area contributed by atoms with E-state index < -0.39 is 0 Å². The molecule has 5 heteroatoms. The Morgan fingerprint density at radius 1 is 1.39 bits per heavy atom. The predicted molar refractivity (Wildman–Crippen MR) is 83.9 cm³/mol. The third kappa shape index (κ3) is 4.04. The van der Waals surface area contributed by atoms with Crippen LogP contribution in [0.25, 0.3) is 0 Å². The third-order valence-corrected chi connectivity index (χ3v) is 4.52. The zero-order valence-electron chi connectivity index (χ0n) is 11.0. The molecule has 0 amide bonds. The third-order valence-electron chi connectivity index (χ3n) is 3.14. The Labute approximate surface area is 124 Å². The Morgan fingerprint density at radius 2 is 2.06 bits per heavy atom. The molecule has 2 unspecified atom stereocenters. The summed E-state index contributed by atoms with van der Waals surface area (Å²) in [5.41, 5.74) is 6.95. The van der Waals surface area contributed by atoms with Crippen molar-refractivity contribution in [1.82, 2.24) is 4.90 Å². The lowest BCUT2D eigenvalue weighted by molar-refractivity contribution is 0.204. The van der Waals surface area contributed by atoms with Gasteiger partial charge in [0.1, 0.15) is 0 Å². The highest BCUT2D eigenvalue weighted by Gasteiger charge is 2.22. The Morgan fingerprint density at radius 3 is 2.56 bits per heavy atom. The lowest BCUT2D eigenvalue weighted by atomic mass is 10.0. The van der Waals surface area contributed by atoms with E-state index in [2.05, 4.69) is 25.1 Å². The Balaban J connectivity index is 2.94. The van der Waals surface area contributed by atoms with E-state index in [4.69, 9.17) is 28.9 Å². The Hall–Kier alpha value is 0.0700. The average Bonchev–Trinajstić information content (AvgIpc) is 2.32. The first-order valence-electron chi connectivity index (χ1n) is 5.87. The normalized spacial score (nSPS) is 14.8. The van der Waals surface area contributed by atoms with Crippen molar-refractivity contribution in [3.63, 3.8) is 0 Å². The van der Waals surface area contributed by atoms with Crippen molar-refractivity contribution >= 4 is 35.0 Å². The van der Waals surface area contributed by atoms with Crippen molar-refractivity contribution < 1.29 is 0 Å². The molecule has 0 spiro atoms. The van der Waals surface area contributed by atoms with Gasteiger partial charge in [-0.05, 0) is 37.9 Å². The second-order valence-corrected chi connectivity index (χ2v) is 6.14. The van der Waals surface area contributed by atoms with Gasteiger partial charge < -0.3 is 5.73 Å². The van der Waals surface area contributed by atoms with Crippen LogP contribution < -0.4 is 5.73 Å². The van der Waals surface area contributed by atoms with Crippen LogP contribution in [0, 0.1) is 0 Å². The molecular weight excluding hydrogens is 287 g/mol. The minimum atomic E-state index is 0.122. The molecule has 2 nitrogen and oxygen atoms in total. The van der Waals surface area contributed by atoms with Crippen molar-refractivity contribution in [2.75, 3.05) is 25.6 Å². The summed E-state index contributed by atoms with van der Waals surface area (Å²) in [5.74, 6) is 1.07. The number of likely N-dealkylation sites (N-methyl/N-ethyl adjacent to an activating group) is 1. The van der Waals surface area contributed by atoms with Gasteiger partial charge >= 0.3 is 0 Å². The standard InChI is InChI=1S/C13H20Cl2N2S/c1-9(8-18-3)17(2)13(7-16)11-5-4-10(14)6-12(11)15/h4-6,9,13H,7-8,16H2,1-3H3. The average molecular weight is 307 g/mol. The molecule has 0 fully saturated rings. The van der Waals surface area contributed by atoms with Gasteiger partial charge in [0, 0.05) is 34.4 Å². The first kappa shape index (κ1) is 16.1. The highest BCUT2D eigenvalue weighted by atomic mass is 35.5. The molecule has 2 N–H and O–H groups in total. The van der Waals surface area contributed by atoms with Crippen LogP contribution in [0.1, 0.15) is 18.5 Å². The summed E-state index contributed by atoms with van der Waals surface area (Å²) in [4.78, 5) is 2.27. The summed E-state index contributed by atoms with van der Waals surface area (Å²) < 4.78 is 0. The summed E-state index contributed by atoms with van der Waals surface area (Å²) >= 11 is 14.0. The van der Waals surface area contributed by atoms with Gasteiger partial charge in [0.25, 0.3) is 0 Å². The second-order valence-electron chi connectivity index (χ2n) is 4.39. The predicted octanol–water partition coefficient (Wildman–Crippen LogP) is 3.68. The van der Waals surface area contributed by atoms with Crippen LogP contribution in [-0.4, -0.2) is 36.5 Å². The van der Waals surface area contributed by atoms with E-state index in [9.17, 15) is 0 Å². The van der Waals surface area contributed by atoms with E-state index in [-0.39, 0.29) is 6.04 Å². The van der Waals surface area contributed by atoms with Crippen LogP contribution in [0.5, 0.6) is 0 Å². The summed E-state index contributed by atoms with van der Waals surface area (Å²) in [7, 11) is 2.09. The maximum absolute atomic E-state index is 6.26. The minimum Gasteiger partial charge on any atom is -0.329 e. The lowest BCUT2D eigenvalue weighted by Crippen LogP contribution is -2.38. The number of nitrogens with two attached hydrogens (primary N) is 1. The molecule has 1 aromatic carbocycles. The number of hydrogen-bond acceptors (Lipinski definition) is 3. The maximum Gasteiger partial charge on any atom is 0.0485 e. The van der Waals surface area contributed by atoms with Crippen molar-refractivity contribution in [1.29, 1.82) is 0 Å². The van der Waals surface area contributed by atoms with Gasteiger partial charge in [-0.3, -0.25) is 4.90 Å². The number of rotatable bonds is 6. The van der Waals surface area contributed by atoms with Crippen LogP contribution in [0.3, 0.4) is 0 Å². The van der Waals surface area contributed by atoms with Gasteiger partial charge in [-0.25, -0.2) is 0 Å². The van der Waals surface area contributed by atoms with E-state index in [1.54, 1.807) is 6.07 Å². The van der Waals surface area contributed by atoms with Gasteiger partial charge in [0.05, 0.1) is 0 Å². The molecule has 18 heavy (non-hydrogen) atoms. The van der Waals surface area contributed by atoms with Crippen LogP contribution in [-0.2, 0) is 0 Å². The van der Waals surface area contributed by atoms with Crippen LogP contribution in [0.2, 0.25) is 10.0 Å². The Kier molecular flexibility index (Phi) is 6.82. The molecule has 0 aliphatic rings. The molecule has 0 aliphatic carbocycles. The molecule has 0 saturated carbocycles. The maximum atomic E-state index is 6.26. The fourth-order valence-corrected chi connectivity index (χ4v) is 3.20. The molecule has 0 saturated heterocycles. The number of benzene rings is 1. The van der Waals surface area contributed by atoms with Crippen molar-refractivity contribution in [2.45, 2.75) is 19.0 Å². The highest BCUT2D eigenvalue weighted by Crippen LogP contribution is 2.30. The van der Waals surface area contributed by atoms with Crippen molar-refractivity contribution in [2.24, 2.45) is 5.73 Å². The molecule has 0 aromatic heterocycles. The molecule has 1 aromatic rings. The lowest BCUT2D eigenvalue weighted by Gasteiger charge is -2.33. The fraction of sp³-hybridized carbons (Fsp3) is 0.538. The van der Waals surface area contributed by atoms with E-state index in [1.807, 2.05) is 23.9 Å². The van der Waals surface area contributed by atoms with Gasteiger partial charge in [-0.2, -0.15) is 11.8 Å². The van der Waals surface area contributed by atoms with Crippen LogP contribution >= 0.6 is 35.0 Å². The Bertz CT molecular complexity index is 387. The number of thioether (sulfide) groups is 1. The topological polar surface area (TPSA) is 29.3 Å². The molecule has 0 heterocycles. The highest BCUT2D eigenvalue weighted by molar-refractivity contribution is 7.98. The summed E-state index contributed by atoms with van der Waals surface area (Å²) in [6, 6.07) is 6.16. The zero-order chi connectivity index (χ0) is 13.7. The quantitative estimate of drug-likeness (QED) is 0.869. The smallest absolute Gasteiger partial charge is 0.0485 e. The van der Waals surface area contributed by atoms with Gasteiger partial charge in [-0.1, -0.05) is 29.3 Å². The number of halogens is 2. The van der Waals surface area contributed by atoms with E-state index >= 15 is 0 Å². The first-order valence-corrected chi connectivity index (χ1v) is 8.02. The summed E-state index contributed by atoms with van der Waals surface area (Å²) in [5, 5.41) is 1.33. The van der Waals surface area contributed by atoms with Gasteiger partial charge in [-0.15, -0.1) is 0 Å². The molecule has 0 bridgehead atoms. The van der Waals surface area contributed by atoms with Gasteiger partial charge in [0.2, 0.25) is 0 Å². The summed E-state index contributed by atoms with van der Waals surface area (Å²) in [6.07, 6.45) is 2.11. The fourth-order valence-electron chi connectivity index (χ4n) is 1.95.